The van der Waals surface area contributed by atoms with Crippen LogP contribution in [0.2, 0.25) is 10.0 Å². The fourth-order valence-electron chi connectivity index (χ4n) is 1.15. The molecule has 0 spiro atoms. The lowest BCUT2D eigenvalue weighted by Gasteiger charge is -2.11. The second-order valence-electron chi connectivity index (χ2n) is 3.64. The molecule has 0 saturated heterocycles. The molecule has 6 heteroatoms. The summed E-state index contributed by atoms with van der Waals surface area (Å²) in [7, 11) is 0. The summed E-state index contributed by atoms with van der Waals surface area (Å²) in [6.07, 6.45) is -0.191. The van der Waals surface area contributed by atoms with Gasteiger partial charge in [0.25, 0.3) is 0 Å². The SMILES string of the molecule is CC(C)OC(=O)COc1c(Cl)cc(N)cc1Cl. The molecule has 0 unspecified atom stereocenters. The summed E-state index contributed by atoms with van der Waals surface area (Å²) in [6.45, 7) is 3.25. The lowest BCUT2D eigenvalue weighted by atomic mass is 10.3. The Morgan fingerprint density at radius 1 is 1.35 bits per heavy atom. The molecule has 1 aromatic carbocycles. The molecule has 0 aliphatic heterocycles. The van der Waals surface area contributed by atoms with E-state index in [0.29, 0.717) is 5.69 Å². The van der Waals surface area contributed by atoms with Crippen LogP contribution < -0.4 is 10.5 Å². The molecule has 0 aromatic heterocycles. The second kappa shape index (κ2) is 5.98. The molecule has 0 heterocycles. The van der Waals surface area contributed by atoms with Gasteiger partial charge in [-0.05, 0) is 26.0 Å². The third kappa shape index (κ3) is 4.32. The van der Waals surface area contributed by atoms with E-state index in [1.165, 1.54) is 12.1 Å². The quantitative estimate of drug-likeness (QED) is 0.679. The smallest absolute Gasteiger partial charge is 0.344 e. The maximum absolute atomic E-state index is 11.3. The molecule has 0 amide bonds. The molecule has 0 atom stereocenters. The highest BCUT2D eigenvalue weighted by Gasteiger charge is 2.12. The summed E-state index contributed by atoms with van der Waals surface area (Å²) >= 11 is 11.8. The highest BCUT2D eigenvalue weighted by atomic mass is 35.5. The van der Waals surface area contributed by atoms with Crippen LogP contribution in [0, 0.1) is 0 Å². The zero-order valence-corrected chi connectivity index (χ0v) is 11.0. The van der Waals surface area contributed by atoms with Crippen LogP contribution in [0.15, 0.2) is 12.1 Å². The number of hydrogen-bond acceptors (Lipinski definition) is 4. The van der Waals surface area contributed by atoms with E-state index in [2.05, 4.69) is 0 Å². The Kier molecular flexibility index (Phi) is 4.90. The van der Waals surface area contributed by atoms with Crippen LogP contribution in [0.4, 0.5) is 5.69 Å². The molecular formula is C11H13Cl2NO3. The van der Waals surface area contributed by atoms with Gasteiger partial charge in [0.05, 0.1) is 16.1 Å². The summed E-state index contributed by atoms with van der Waals surface area (Å²) in [5.74, 6) is -0.257. The van der Waals surface area contributed by atoms with Crippen molar-refractivity contribution in [3.63, 3.8) is 0 Å². The molecular weight excluding hydrogens is 265 g/mol. The minimum atomic E-state index is -0.482. The molecule has 0 bridgehead atoms. The second-order valence-corrected chi connectivity index (χ2v) is 4.46. The van der Waals surface area contributed by atoms with E-state index in [1.807, 2.05) is 0 Å². The first-order valence-corrected chi connectivity index (χ1v) is 5.72. The topological polar surface area (TPSA) is 61.5 Å². The molecule has 2 N–H and O–H groups in total. The zero-order valence-electron chi connectivity index (χ0n) is 9.50. The van der Waals surface area contributed by atoms with Crippen LogP contribution in [-0.2, 0) is 9.53 Å². The van der Waals surface area contributed by atoms with Crippen molar-refractivity contribution in [2.75, 3.05) is 12.3 Å². The van der Waals surface area contributed by atoms with Gasteiger partial charge in [-0.15, -0.1) is 0 Å². The van der Waals surface area contributed by atoms with Gasteiger partial charge in [0.2, 0.25) is 0 Å². The van der Waals surface area contributed by atoms with Gasteiger partial charge in [0.15, 0.2) is 12.4 Å². The Balaban J connectivity index is 2.67. The number of hydrogen-bond donors (Lipinski definition) is 1. The lowest BCUT2D eigenvalue weighted by Crippen LogP contribution is -2.18. The molecule has 4 nitrogen and oxygen atoms in total. The van der Waals surface area contributed by atoms with Crippen molar-refractivity contribution in [3.8, 4) is 5.75 Å². The zero-order chi connectivity index (χ0) is 13.0. The Morgan fingerprint density at radius 2 is 1.88 bits per heavy atom. The Labute approximate surface area is 110 Å². The summed E-state index contributed by atoms with van der Waals surface area (Å²) in [5.41, 5.74) is 5.96. The molecule has 94 valence electrons. The first kappa shape index (κ1) is 13.9. The molecule has 17 heavy (non-hydrogen) atoms. The number of rotatable bonds is 4. The van der Waals surface area contributed by atoms with E-state index in [0.717, 1.165) is 0 Å². The summed E-state index contributed by atoms with van der Waals surface area (Å²) < 4.78 is 10.1. The van der Waals surface area contributed by atoms with Crippen LogP contribution in [0.25, 0.3) is 0 Å². The van der Waals surface area contributed by atoms with E-state index in [4.69, 9.17) is 38.4 Å². The molecule has 0 aliphatic carbocycles. The number of carbonyl (C=O) groups is 1. The minimum absolute atomic E-state index is 0.191. The lowest BCUT2D eigenvalue weighted by molar-refractivity contribution is -0.149. The van der Waals surface area contributed by atoms with Crippen molar-refractivity contribution in [3.05, 3.63) is 22.2 Å². The third-order valence-corrected chi connectivity index (χ3v) is 2.28. The number of benzene rings is 1. The van der Waals surface area contributed by atoms with Crippen LogP contribution in [-0.4, -0.2) is 18.7 Å². The monoisotopic (exact) mass is 277 g/mol. The van der Waals surface area contributed by atoms with Crippen molar-refractivity contribution in [1.29, 1.82) is 0 Å². The fourth-order valence-corrected chi connectivity index (χ4v) is 1.76. The summed E-state index contributed by atoms with van der Waals surface area (Å²) in [5, 5.41) is 0.514. The molecule has 0 aliphatic rings. The van der Waals surface area contributed by atoms with Crippen molar-refractivity contribution in [2.45, 2.75) is 20.0 Å². The van der Waals surface area contributed by atoms with E-state index >= 15 is 0 Å². The number of anilines is 1. The van der Waals surface area contributed by atoms with Gasteiger partial charge in [-0.3, -0.25) is 0 Å². The predicted octanol–water partition coefficient (Wildman–Crippen LogP) is 2.91. The van der Waals surface area contributed by atoms with Gasteiger partial charge >= 0.3 is 5.97 Å². The molecule has 0 saturated carbocycles. The highest BCUT2D eigenvalue weighted by molar-refractivity contribution is 6.37. The van der Waals surface area contributed by atoms with Crippen LogP contribution in [0.3, 0.4) is 0 Å². The van der Waals surface area contributed by atoms with Gasteiger partial charge in [-0.1, -0.05) is 23.2 Å². The minimum Gasteiger partial charge on any atom is -0.479 e. The summed E-state index contributed by atoms with van der Waals surface area (Å²) in [6, 6.07) is 2.99. The average Bonchev–Trinajstić information content (AvgIpc) is 2.14. The summed E-state index contributed by atoms with van der Waals surface area (Å²) in [4.78, 5) is 11.3. The van der Waals surface area contributed by atoms with Gasteiger partial charge in [-0.2, -0.15) is 0 Å². The Bertz CT molecular complexity index is 398. The van der Waals surface area contributed by atoms with Crippen molar-refractivity contribution in [1.82, 2.24) is 0 Å². The number of nitrogens with two attached hydrogens (primary N) is 1. The highest BCUT2D eigenvalue weighted by Crippen LogP contribution is 2.34. The van der Waals surface area contributed by atoms with Crippen LogP contribution in [0.1, 0.15) is 13.8 Å². The number of halogens is 2. The van der Waals surface area contributed by atoms with E-state index in [9.17, 15) is 4.79 Å². The van der Waals surface area contributed by atoms with Crippen LogP contribution >= 0.6 is 23.2 Å². The van der Waals surface area contributed by atoms with Gasteiger partial charge in [-0.25, -0.2) is 4.79 Å². The fraction of sp³-hybridized carbons (Fsp3) is 0.364. The Morgan fingerprint density at radius 3 is 2.35 bits per heavy atom. The first-order chi connectivity index (χ1) is 7.90. The van der Waals surface area contributed by atoms with Crippen LogP contribution in [0.5, 0.6) is 5.75 Å². The van der Waals surface area contributed by atoms with Gasteiger partial charge < -0.3 is 15.2 Å². The molecule has 0 fully saturated rings. The average molecular weight is 278 g/mol. The Hall–Kier alpha value is -1.13. The first-order valence-electron chi connectivity index (χ1n) is 4.97. The number of ether oxygens (including phenoxy) is 2. The van der Waals surface area contributed by atoms with Crippen molar-refractivity contribution < 1.29 is 14.3 Å². The maximum Gasteiger partial charge on any atom is 0.344 e. The van der Waals surface area contributed by atoms with Crippen molar-refractivity contribution >= 4 is 34.9 Å². The van der Waals surface area contributed by atoms with E-state index < -0.39 is 5.97 Å². The third-order valence-electron chi connectivity index (χ3n) is 1.72. The van der Waals surface area contributed by atoms with Gasteiger partial charge in [0, 0.05) is 5.69 Å². The predicted molar refractivity (Wildman–Crippen MR) is 67.6 cm³/mol. The number of nitrogen functional groups attached to an aromatic ring is 1. The standard InChI is InChI=1S/C11H13Cl2NO3/c1-6(2)17-10(15)5-16-11-8(12)3-7(14)4-9(11)13/h3-4,6H,5,14H2,1-2H3. The maximum atomic E-state index is 11.3. The number of esters is 1. The molecule has 0 radical (unpaired) electrons. The normalized spacial score (nSPS) is 10.4. The number of carbonyl (C=O) groups excluding carboxylic acids is 1. The molecule has 1 aromatic rings. The van der Waals surface area contributed by atoms with E-state index in [-0.39, 0.29) is 28.5 Å². The van der Waals surface area contributed by atoms with E-state index in [1.54, 1.807) is 13.8 Å². The molecule has 1 rings (SSSR count). The van der Waals surface area contributed by atoms with Gasteiger partial charge in [0.1, 0.15) is 0 Å². The van der Waals surface area contributed by atoms with Crippen molar-refractivity contribution in [2.24, 2.45) is 0 Å². The largest absolute Gasteiger partial charge is 0.479 e.